The van der Waals surface area contributed by atoms with Gasteiger partial charge in [-0.3, -0.25) is 9.48 Å². The van der Waals surface area contributed by atoms with Gasteiger partial charge in [0, 0.05) is 25.4 Å². The molecular formula is C25H26N6O3S. The van der Waals surface area contributed by atoms with Crippen molar-refractivity contribution in [2.24, 2.45) is 7.05 Å². The number of amides is 1. The number of carbonyl (C=O) groups excluding carboxylic acids is 2. The van der Waals surface area contributed by atoms with Crippen molar-refractivity contribution in [3.05, 3.63) is 65.9 Å². The van der Waals surface area contributed by atoms with Crippen LogP contribution in [0.15, 0.2) is 59.9 Å². The van der Waals surface area contributed by atoms with Crippen molar-refractivity contribution < 1.29 is 14.3 Å². The van der Waals surface area contributed by atoms with Crippen molar-refractivity contribution in [1.82, 2.24) is 24.5 Å². The predicted molar refractivity (Wildman–Crippen MR) is 135 cm³/mol. The quantitative estimate of drug-likeness (QED) is 0.292. The first-order valence-corrected chi connectivity index (χ1v) is 12.0. The monoisotopic (exact) mass is 490 g/mol. The SMILES string of the molecule is CCn1c(SCC(=O)Nc2ccccc2C(=O)OC)nnc1-c1cn(C)nc1-c1ccc(C)cc1. The molecule has 0 aliphatic heterocycles. The van der Waals surface area contributed by atoms with E-state index in [1.54, 1.807) is 28.9 Å². The van der Waals surface area contributed by atoms with Gasteiger partial charge in [-0.15, -0.1) is 10.2 Å². The third kappa shape index (κ3) is 5.27. The number of hydrogen-bond acceptors (Lipinski definition) is 7. The number of thioether (sulfide) groups is 1. The smallest absolute Gasteiger partial charge is 0.339 e. The first-order chi connectivity index (χ1) is 16.9. The Hall–Kier alpha value is -3.92. The summed E-state index contributed by atoms with van der Waals surface area (Å²) < 4.78 is 8.52. The lowest BCUT2D eigenvalue weighted by molar-refractivity contribution is -0.113. The number of nitrogens with zero attached hydrogens (tertiary/aromatic N) is 5. The summed E-state index contributed by atoms with van der Waals surface area (Å²) in [6, 6.07) is 14.9. The number of benzene rings is 2. The van der Waals surface area contributed by atoms with Gasteiger partial charge in [-0.05, 0) is 26.0 Å². The minimum absolute atomic E-state index is 0.103. The van der Waals surface area contributed by atoms with Crippen LogP contribution >= 0.6 is 11.8 Å². The number of rotatable bonds is 8. The number of nitrogens with one attached hydrogen (secondary N) is 1. The first-order valence-electron chi connectivity index (χ1n) is 11.1. The maximum Gasteiger partial charge on any atom is 0.339 e. The average molecular weight is 491 g/mol. The lowest BCUT2D eigenvalue weighted by Crippen LogP contribution is -2.17. The first kappa shape index (κ1) is 24.2. The number of esters is 1. The Morgan fingerprint density at radius 2 is 1.83 bits per heavy atom. The van der Waals surface area contributed by atoms with Crippen LogP contribution in [0.25, 0.3) is 22.6 Å². The molecule has 2 aromatic heterocycles. The number of para-hydroxylation sites is 1. The highest BCUT2D eigenvalue weighted by molar-refractivity contribution is 7.99. The third-order valence-corrected chi connectivity index (χ3v) is 6.33. The Bertz CT molecular complexity index is 1360. The molecule has 0 spiro atoms. The van der Waals surface area contributed by atoms with E-state index in [0.29, 0.717) is 28.8 Å². The molecule has 1 amide bonds. The van der Waals surface area contributed by atoms with Crippen LogP contribution < -0.4 is 5.32 Å². The van der Waals surface area contributed by atoms with Crippen molar-refractivity contribution in [1.29, 1.82) is 0 Å². The standard InChI is InChI=1S/C25H26N6O3S/c1-5-31-23(19-14-30(3)29-22(19)17-12-10-16(2)11-13-17)27-28-25(31)35-15-21(32)26-20-9-7-6-8-18(20)24(33)34-4/h6-14H,5,15H2,1-4H3,(H,26,32). The van der Waals surface area contributed by atoms with Crippen LogP contribution in [0.1, 0.15) is 22.8 Å². The number of aromatic nitrogens is 5. The summed E-state index contributed by atoms with van der Waals surface area (Å²) in [5.41, 5.74) is 4.56. The molecule has 10 heteroatoms. The number of aryl methyl sites for hydroxylation is 2. The molecule has 0 fully saturated rings. The normalized spacial score (nSPS) is 10.9. The molecule has 0 saturated heterocycles. The van der Waals surface area contributed by atoms with Gasteiger partial charge >= 0.3 is 5.97 Å². The van der Waals surface area contributed by atoms with E-state index in [1.165, 1.54) is 24.4 Å². The third-order valence-electron chi connectivity index (χ3n) is 5.37. The van der Waals surface area contributed by atoms with E-state index in [9.17, 15) is 9.59 Å². The van der Waals surface area contributed by atoms with E-state index < -0.39 is 5.97 Å². The second-order valence-corrected chi connectivity index (χ2v) is 8.80. The molecule has 4 rings (SSSR count). The topological polar surface area (TPSA) is 104 Å². The zero-order valence-corrected chi connectivity index (χ0v) is 20.8. The minimum atomic E-state index is -0.509. The van der Waals surface area contributed by atoms with E-state index >= 15 is 0 Å². The Balaban J connectivity index is 1.54. The van der Waals surface area contributed by atoms with Gasteiger partial charge in [0.15, 0.2) is 11.0 Å². The summed E-state index contributed by atoms with van der Waals surface area (Å²) in [7, 11) is 3.18. The zero-order valence-electron chi connectivity index (χ0n) is 20.0. The number of carbonyl (C=O) groups is 2. The van der Waals surface area contributed by atoms with Crippen LogP contribution in [0.2, 0.25) is 0 Å². The molecule has 0 radical (unpaired) electrons. The highest BCUT2D eigenvalue weighted by Crippen LogP contribution is 2.32. The molecule has 9 nitrogen and oxygen atoms in total. The molecule has 0 aliphatic rings. The lowest BCUT2D eigenvalue weighted by Gasteiger charge is -2.10. The average Bonchev–Trinajstić information content (AvgIpc) is 3.45. The fraction of sp³-hybridized carbons (Fsp3) is 0.240. The highest BCUT2D eigenvalue weighted by Gasteiger charge is 2.21. The summed E-state index contributed by atoms with van der Waals surface area (Å²) >= 11 is 1.28. The molecule has 0 unspecified atom stereocenters. The van der Waals surface area contributed by atoms with Gasteiger partial charge in [0.2, 0.25) is 5.91 Å². The fourth-order valence-electron chi connectivity index (χ4n) is 3.65. The summed E-state index contributed by atoms with van der Waals surface area (Å²) in [6.45, 7) is 4.68. The Kier molecular flexibility index (Phi) is 7.31. The summed E-state index contributed by atoms with van der Waals surface area (Å²) in [5, 5.41) is 16.8. The number of ether oxygens (including phenoxy) is 1. The Morgan fingerprint density at radius 1 is 1.09 bits per heavy atom. The van der Waals surface area contributed by atoms with Crippen LogP contribution in [0.3, 0.4) is 0 Å². The number of methoxy groups -OCH3 is 1. The minimum Gasteiger partial charge on any atom is -0.465 e. The van der Waals surface area contributed by atoms with Crippen molar-refractivity contribution in [3.8, 4) is 22.6 Å². The molecule has 180 valence electrons. The molecule has 35 heavy (non-hydrogen) atoms. The van der Waals surface area contributed by atoms with Crippen LogP contribution in [-0.4, -0.2) is 49.3 Å². The molecule has 4 aromatic rings. The summed E-state index contributed by atoms with van der Waals surface area (Å²) in [6.07, 6.45) is 1.93. The van der Waals surface area contributed by atoms with Gasteiger partial charge in [-0.1, -0.05) is 53.7 Å². The number of anilines is 1. The Labute approximate surface area is 207 Å². The molecule has 2 aromatic carbocycles. The Morgan fingerprint density at radius 3 is 2.54 bits per heavy atom. The van der Waals surface area contributed by atoms with Crippen molar-refractivity contribution in [3.63, 3.8) is 0 Å². The molecule has 0 bridgehead atoms. The van der Waals surface area contributed by atoms with Crippen molar-refractivity contribution in [2.75, 3.05) is 18.2 Å². The van der Waals surface area contributed by atoms with Crippen LogP contribution in [0.4, 0.5) is 5.69 Å². The van der Waals surface area contributed by atoms with E-state index in [0.717, 1.165) is 16.8 Å². The predicted octanol–water partition coefficient (Wildman–Crippen LogP) is 4.19. The van der Waals surface area contributed by atoms with Crippen molar-refractivity contribution in [2.45, 2.75) is 25.5 Å². The zero-order chi connectivity index (χ0) is 24.9. The summed E-state index contributed by atoms with van der Waals surface area (Å²) in [5.74, 6) is 0.0195. The van der Waals surface area contributed by atoms with Gasteiger partial charge in [0.05, 0.1) is 29.7 Å². The summed E-state index contributed by atoms with van der Waals surface area (Å²) in [4.78, 5) is 24.6. The second kappa shape index (κ2) is 10.6. The van der Waals surface area contributed by atoms with Crippen LogP contribution in [0.5, 0.6) is 0 Å². The molecule has 0 atom stereocenters. The van der Waals surface area contributed by atoms with E-state index in [4.69, 9.17) is 4.74 Å². The van der Waals surface area contributed by atoms with Crippen LogP contribution in [-0.2, 0) is 23.1 Å². The van der Waals surface area contributed by atoms with Gasteiger partial charge in [-0.2, -0.15) is 5.10 Å². The second-order valence-electron chi connectivity index (χ2n) is 7.86. The molecular weight excluding hydrogens is 464 g/mol. The van der Waals surface area contributed by atoms with Gasteiger partial charge in [0.25, 0.3) is 0 Å². The molecule has 0 saturated carbocycles. The largest absolute Gasteiger partial charge is 0.465 e. The van der Waals surface area contributed by atoms with E-state index in [2.05, 4.69) is 32.7 Å². The lowest BCUT2D eigenvalue weighted by atomic mass is 10.1. The molecule has 1 N–H and O–H groups in total. The molecule has 2 heterocycles. The maximum absolute atomic E-state index is 12.6. The van der Waals surface area contributed by atoms with Gasteiger partial charge < -0.3 is 14.6 Å². The number of hydrogen-bond donors (Lipinski definition) is 1. The van der Waals surface area contributed by atoms with Gasteiger partial charge in [0.1, 0.15) is 5.69 Å². The maximum atomic E-state index is 12.6. The molecule has 0 aliphatic carbocycles. The van der Waals surface area contributed by atoms with E-state index in [1.807, 2.05) is 43.8 Å². The van der Waals surface area contributed by atoms with E-state index in [-0.39, 0.29) is 11.7 Å². The van der Waals surface area contributed by atoms with Gasteiger partial charge in [-0.25, -0.2) is 4.79 Å². The highest BCUT2D eigenvalue weighted by atomic mass is 32.2. The van der Waals surface area contributed by atoms with Crippen molar-refractivity contribution >= 4 is 29.3 Å². The van der Waals surface area contributed by atoms with Crippen LogP contribution in [0, 0.1) is 6.92 Å². The fourth-order valence-corrected chi connectivity index (χ4v) is 4.46.